The summed E-state index contributed by atoms with van der Waals surface area (Å²) in [7, 11) is 1.65. The summed E-state index contributed by atoms with van der Waals surface area (Å²) in [5.41, 5.74) is 2.64. The van der Waals surface area contributed by atoms with Gasteiger partial charge in [-0.25, -0.2) is 0 Å². The number of hydrogen-bond acceptors (Lipinski definition) is 2. The van der Waals surface area contributed by atoms with Crippen LogP contribution in [0.2, 0.25) is 15.1 Å². The Morgan fingerprint density at radius 1 is 1.03 bits per heavy atom. The van der Waals surface area contributed by atoms with Gasteiger partial charge in [-0.05, 0) is 54.4 Å². The molecule has 0 bridgehead atoms. The van der Waals surface area contributed by atoms with Crippen LogP contribution in [0.4, 0.5) is 0 Å². The number of amides is 1. The Hall–Kier alpha value is -1.98. The quantitative estimate of drug-likeness (QED) is 0.354. The van der Waals surface area contributed by atoms with Crippen molar-refractivity contribution >= 4 is 40.7 Å². The standard InChI is InChI=1S/C23H23Cl3N2O2/c1-30-12-4-11-28(23(29)18-8-9-21(25)22(26)14-18)16-20-7-3-10-27(20)15-17-5-2-6-19(24)13-17/h2-3,5-10,13-14H,4,11-12,15-16H2,1H3. The van der Waals surface area contributed by atoms with E-state index in [1.54, 1.807) is 25.3 Å². The highest BCUT2D eigenvalue weighted by Gasteiger charge is 2.18. The Morgan fingerprint density at radius 3 is 2.60 bits per heavy atom. The summed E-state index contributed by atoms with van der Waals surface area (Å²) in [6, 6.07) is 16.7. The van der Waals surface area contributed by atoms with Crippen LogP contribution >= 0.6 is 34.8 Å². The molecule has 0 saturated heterocycles. The Balaban J connectivity index is 1.80. The molecule has 3 aromatic rings. The van der Waals surface area contributed by atoms with Crippen LogP contribution in [0.15, 0.2) is 60.8 Å². The summed E-state index contributed by atoms with van der Waals surface area (Å²) < 4.78 is 7.29. The third-order valence-electron chi connectivity index (χ3n) is 4.75. The minimum absolute atomic E-state index is 0.0971. The number of ether oxygens (including phenoxy) is 1. The number of rotatable bonds is 9. The van der Waals surface area contributed by atoms with Gasteiger partial charge in [0.25, 0.3) is 5.91 Å². The number of benzene rings is 2. The lowest BCUT2D eigenvalue weighted by Gasteiger charge is -2.24. The van der Waals surface area contributed by atoms with E-state index >= 15 is 0 Å². The zero-order chi connectivity index (χ0) is 21.5. The van der Waals surface area contributed by atoms with Crippen molar-refractivity contribution in [3.63, 3.8) is 0 Å². The molecule has 0 radical (unpaired) electrons. The average Bonchev–Trinajstić information content (AvgIpc) is 3.15. The molecule has 30 heavy (non-hydrogen) atoms. The molecule has 158 valence electrons. The zero-order valence-corrected chi connectivity index (χ0v) is 18.9. The van der Waals surface area contributed by atoms with Crippen molar-refractivity contribution in [2.24, 2.45) is 0 Å². The molecule has 1 heterocycles. The number of halogens is 3. The first-order valence-electron chi connectivity index (χ1n) is 9.59. The van der Waals surface area contributed by atoms with Gasteiger partial charge in [0, 0.05) is 49.3 Å². The fourth-order valence-corrected chi connectivity index (χ4v) is 3.75. The molecule has 1 aromatic heterocycles. The van der Waals surface area contributed by atoms with E-state index < -0.39 is 0 Å². The van der Waals surface area contributed by atoms with Gasteiger partial charge in [0.05, 0.1) is 16.6 Å². The van der Waals surface area contributed by atoms with Gasteiger partial charge in [-0.15, -0.1) is 0 Å². The summed E-state index contributed by atoms with van der Waals surface area (Å²) in [5.74, 6) is -0.0971. The average molecular weight is 466 g/mol. The predicted molar refractivity (Wildman–Crippen MR) is 123 cm³/mol. The van der Waals surface area contributed by atoms with Crippen LogP contribution in [-0.4, -0.2) is 35.6 Å². The lowest BCUT2D eigenvalue weighted by molar-refractivity contribution is 0.0720. The second-order valence-corrected chi connectivity index (χ2v) is 8.21. The third kappa shape index (κ3) is 6.02. The van der Waals surface area contributed by atoms with E-state index in [9.17, 15) is 4.79 Å². The van der Waals surface area contributed by atoms with Crippen molar-refractivity contribution in [2.75, 3.05) is 20.3 Å². The summed E-state index contributed by atoms with van der Waals surface area (Å²) in [5, 5.41) is 1.50. The Labute approximate surface area is 191 Å². The van der Waals surface area contributed by atoms with Crippen LogP contribution in [0.1, 0.15) is 28.0 Å². The number of hydrogen-bond donors (Lipinski definition) is 0. The smallest absolute Gasteiger partial charge is 0.254 e. The van der Waals surface area contributed by atoms with E-state index in [1.807, 2.05) is 47.5 Å². The molecule has 0 aliphatic heterocycles. The van der Waals surface area contributed by atoms with Crippen LogP contribution in [0.25, 0.3) is 0 Å². The van der Waals surface area contributed by atoms with Crippen LogP contribution in [0.3, 0.4) is 0 Å². The fraction of sp³-hybridized carbons (Fsp3) is 0.261. The monoisotopic (exact) mass is 464 g/mol. The van der Waals surface area contributed by atoms with Gasteiger partial charge in [0.2, 0.25) is 0 Å². The maximum Gasteiger partial charge on any atom is 0.254 e. The van der Waals surface area contributed by atoms with Crippen molar-refractivity contribution in [2.45, 2.75) is 19.5 Å². The van der Waals surface area contributed by atoms with Crippen LogP contribution < -0.4 is 0 Å². The second-order valence-electron chi connectivity index (χ2n) is 6.96. The van der Waals surface area contributed by atoms with Gasteiger partial charge in [0.15, 0.2) is 0 Å². The van der Waals surface area contributed by atoms with Gasteiger partial charge in [0.1, 0.15) is 0 Å². The van der Waals surface area contributed by atoms with E-state index in [1.165, 1.54) is 0 Å². The van der Waals surface area contributed by atoms with Gasteiger partial charge < -0.3 is 14.2 Å². The minimum Gasteiger partial charge on any atom is -0.385 e. The number of methoxy groups -OCH3 is 1. The largest absolute Gasteiger partial charge is 0.385 e. The maximum atomic E-state index is 13.2. The maximum absolute atomic E-state index is 13.2. The summed E-state index contributed by atoms with van der Waals surface area (Å²) in [6.07, 6.45) is 2.74. The number of carbonyl (C=O) groups is 1. The second kappa shape index (κ2) is 10.9. The molecule has 7 heteroatoms. The highest BCUT2D eigenvalue weighted by Crippen LogP contribution is 2.24. The van der Waals surface area contributed by atoms with Crippen molar-refractivity contribution in [1.82, 2.24) is 9.47 Å². The van der Waals surface area contributed by atoms with Crippen LogP contribution in [0.5, 0.6) is 0 Å². The Morgan fingerprint density at radius 2 is 1.87 bits per heavy atom. The van der Waals surface area contributed by atoms with Crippen molar-refractivity contribution in [1.29, 1.82) is 0 Å². The van der Waals surface area contributed by atoms with Crippen molar-refractivity contribution < 1.29 is 9.53 Å². The SMILES string of the molecule is COCCCN(Cc1cccn1Cc1cccc(Cl)c1)C(=O)c1ccc(Cl)c(Cl)c1. The highest BCUT2D eigenvalue weighted by atomic mass is 35.5. The van der Waals surface area contributed by atoms with Crippen LogP contribution in [-0.2, 0) is 17.8 Å². The van der Waals surface area contributed by atoms with E-state index in [2.05, 4.69) is 4.57 Å². The van der Waals surface area contributed by atoms with Gasteiger partial charge >= 0.3 is 0 Å². The molecule has 1 amide bonds. The Kier molecular flexibility index (Phi) is 8.23. The molecule has 0 aliphatic carbocycles. The van der Waals surface area contributed by atoms with E-state index in [-0.39, 0.29) is 5.91 Å². The molecular weight excluding hydrogens is 443 g/mol. The third-order valence-corrected chi connectivity index (χ3v) is 5.72. The van der Waals surface area contributed by atoms with Crippen molar-refractivity contribution in [3.8, 4) is 0 Å². The summed E-state index contributed by atoms with van der Waals surface area (Å²) >= 11 is 18.2. The topological polar surface area (TPSA) is 34.5 Å². The van der Waals surface area contributed by atoms with Gasteiger partial charge in [-0.1, -0.05) is 46.9 Å². The molecular formula is C23H23Cl3N2O2. The number of carbonyl (C=O) groups excluding carboxylic acids is 1. The first-order chi connectivity index (χ1) is 14.5. The molecule has 0 unspecified atom stereocenters. The lowest BCUT2D eigenvalue weighted by atomic mass is 10.2. The molecule has 0 spiro atoms. The van der Waals surface area contributed by atoms with Gasteiger partial charge in [-0.2, -0.15) is 0 Å². The number of aromatic nitrogens is 1. The van der Waals surface area contributed by atoms with Gasteiger partial charge in [-0.3, -0.25) is 4.79 Å². The lowest BCUT2D eigenvalue weighted by Crippen LogP contribution is -2.33. The Bertz CT molecular complexity index is 1000. The molecule has 0 aliphatic rings. The van der Waals surface area contributed by atoms with E-state index in [0.29, 0.717) is 46.9 Å². The molecule has 0 saturated carbocycles. The molecule has 0 fully saturated rings. The van der Waals surface area contributed by atoms with E-state index in [0.717, 1.165) is 17.7 Å². The highest BCUT2D eigenvalue weighted by molar-refractivity contribution is 6.42. The van der Waals surface area contributed by atoms with E-state index in [4.69, 9.17) is 39.5 Å². The molecule has 0 atom stereocenters. The predicted octanol–water partition coefficient (Wildman–Crippen LogP) is 6.18. The molecule has 3 rings (SSSR count). The fourth-order valence-electron chi connectivity index (χ4n) is 3.24. The summed E-state index contributed by atoms with van der Waals surface area (Å²) in [6.45, 7) is 2.29. The minimum atomic E-state index is -0.0971. The first-order valence-corrected chi connectivity index (χ1v) is 10.7. The molecule has 4 nitrogen and oxygen atoms in total. The van der Waals surface area contributed by atoms with Crippen molar-refractivity contribution in [3.05, 3.63) is 92.7 Å². The normalized spacial score (nSPS) is 10.9. The van der Waals surface area contributed by atoms with Crippen LogP contribution in [0, 0.1) is 0 Å². The molecule has 0 N–H and O–H groups in total. The number of nitrogens with zero attached hydrogens (tertiary/aromatic N) is 2. The molecule has 2 aromatic carbocycles. The summed E-state index contributed by atoms with van der Waals surface area (Å²) in [4.78, 5) is 15.0. The zero-order valence-electron chi connectivity index (χ0n) is 16.7. The first kappa shape index (κ1) is 22.7.